The lowest BCUT2D eigenvalue weighted by molar-refractivity contribution is 0.0599. The van der Waals surface area contributed by atoms with Crippen LogP contribution in [-0.4, -0.2) is 19.0 Å². The van der Waals surface area contributed by atoms with Crippen molar-refractivity contribution < 1.29 is 19.1 Å². The van der Waals surface area contributed by atoms with E-state index in [4.69, 9.17) is 10.00 Å². The minimum atomic E-state index is -0.516. The van der Waals surface area contributed by atoms with E-state index in [2.05, 4.69) is 10.8 Å². The van der Waals surface area contributed by atoms with Gasteiger partial charge in [-0.3, -0.25) is 0 Å². The maximum absolute atomic E-state index is 12.2. The summed E-state index contributed by atoms with van der Waals surface area (Å²) < 4.78 is 9.98. The number of esters is 2. The predicted octanol–water partition coefficient (Wildman–Crippen LogP) is 4.23. The third-order valence-electron chi connectivity index (χ3n) is 3.95. The first-order chi connectivity index (χ1) is 13.1. The maximum atomic E-state index is 12.2. The smallest absolute Gasteiger partial charge is 0.343 e. The van der Waals surface area contributed by atoms with Crippen LogP contribution >= 0.6 is 0 Å². The molecule has 0 N–H and O–H groups in total. The Hall–Kier alpha value is -3.91. The Morgan fingerprint density at radius 2 is 1.22 bits per heavy atom. The van der Waals surface area contributed by atoms with Gasteiger partial charge in [0.25, 0.3) is 0 Å². The van der Waals surface area contributed by atoms with Gasteiger partial charge in [-0.15, -0.1) is 0 Å². The third-order valence-corrected chi connectivity index (χ3v) is 3.95. The molecule has 27 heavy (non-hydrogen) atoms. The van der Waals surface area contributed by atoms with Crippen molar-refractivity contribution in [3.8, 4) is 22.9 Å². The predicted molar refractivity (Wildman–Crippen MR) is 99.3 cm³/mol. The number of ether oxygens (including phenoxy) is 2. The summed E-state index contributed by atoms with van der Waals surface area (Å²) in [7, 11) is 1.30. The standard InChI is InChI=1S/C22H15NO4/c1-26-21(24)18-6-8-19(9-7-18)22(25)27-20-12-10-17(11-13-20)16-4-2-15(14-23)3-5-16/h2-13H,1H3. The van der Waals surface area contributed by atoms with Crippen LogP contribution in [0.15, 0.2) is 72.8 Å². The van der Waals surface area contributed by atoms with Crippen LogP contribution in [0.3, 0.4) is 0 Å². The monoisotopic (exact) mass is 357 g/mol. The molecule has 0 bridgehead atoms. The third kappa shape index (κ3) is 4.20. The lowest BCUT2D eigenvalue weighted by Crippen LogP contribution is -2.09. The molecule has 0 aromatic heterocycles. The first-order valence-electron chi connectivity index (χ1n) is 8.12. The Bertz CT molecular complexity index is 998. The summed E-state index contributed by atoms with van der Waals surface area (Å²) >= 11 is 0. The van der Waals surface area contributed by atoms with Gasteiger partial charge in [0.1, 0.15) is 5.75 Å². The van der Waals surface area contributed by atoms with Gasteiger partial charge in [0.05, 0.1) is 29.9 Å². The highest BCUT2D eigenvalue weighted by Crippen LogP contribution is 2.23. The second kappa shape index (κ2) is 7.98. The molecule has 0 atom stereocenters. The fourth-order valence-electron chi connectivity index (χ4n) is 2.48. The molecular formula is C22H15NO4. The highest BCUT2D eigenvalue weighted by atomic mass is 16.5. The normalized spacial score (nSPS) is 9.93. The molecule has 0 aliphatic rings. The molecule has 0 fully saturated rings. The molecule has 0 aliphatic heterocycles. The van der Waals surface area contributed by atoms with Crippen molar-refractivity contribution in [2.75, 3.05) is 7.11 Å². The summed E-state index contributed by atoms with van der Waals surface area (Å²) in [5.41, 5.74) is 3.20. The number of carbonyl (C=O) groups is 2. The average molecular weight is 357 g/mol. The summed E-state index contributed by atoms with van der Waals surface area (Å²) in [5.74, 6) is -0.569. The topological polar surface area (TPSA) is 76.4 Å². The number of hydrogen-bond acceptors (Lipinski definition) is 5. The van der Waals surface area contributed by atoms with Crippen LogP contribution in [0.2, 0.25) is 0 Å². The van der Waals surface area contributed by atoms with Gasteiger partial charge in [0.2, 0.25) is 0 Å². The summed E-state index contributed by atoms with van der Waals surface area (Å²) in [5, 5.41) is 8.85. The Labute approximate surface area is 156 Å². The fraction of sp³-hybridized carbons (Fsp3) is 0.0455. The molecule has 0 radical (unpaired) electrons. The average Bonchev–Trinajstić information content (AvgIpc) is 2.74. The second-order valence-electron chi connectivity index (χ2n) is 5.67. The first-order valence-corrected chi connectivity index (χ1v) is 8.12. The number of nitrogens with zero attached hydrogens (tertiary/aromatic N) is 1. The van der Waals surface area contributed by atoms with E-state index in [1.807, 2.05) is 24.3 Å². The van der Waals surface area contributed by atoms with Gasteiger partial charge in [0, 0.05) is 0 Å². The number of rotatable bonds is 4. The molecule has 0 amide bonds. The van der Waals surface area contributed by atoms with Crippen molar-refractivity contribution in [3.05, 3.63) is 89.5 Å². The Balaban J connectivity index is 1.69. The number of carbonyl (C=O) groups excluding carboxylic acids is 2. The Kier molecular flexibility index (Phi) is 5.29. The molecule has 3 aromatic rings. The van der Waals surface area contributed by atoms with Gasteiger partial charge in [-0.2, -0.15) is 5.26 Å². The van der Waals surface area contributed by atoms with Crippen molar-refractivity contribution in [3.63, 3.8) is 0 Å². The molecule has 0 spiro atoms. The summed E-state index contributed by atoms with van der Waals surface area (Å²) in [6.45, 7) is 0. The molecule has 0 saturated heterocycles. The molecule has 3 aromatic carbocycles. The van der Waals surface area contributed by atoms with E-state index in [1.54, 1.807) is 24.3 Å². The highest BCUT2D eigenvalue weighted by Gasteiger charge is 2.11. The highest BCUT2D eigenvalue weighted by molar-refractivity contribution is 5.94. The molecule has 0 saturated carbocycles. The zero-order chi connectivity index (χ0) is 19.2. The summed E-state index contributed by atoms with van der Waals surface area (Å²) in [6.07, 6.45) is 0. The minimum absolute atomic E-state index is 0.332. The van der Waals surface area contributed by atoms with Crippen LogP contribution in [-0.2, 0) is 4.74 Å². The zero-order valence-corrected chi connectivity index (χ0v) is 14.5. The van der Waals surface area contributed by atoms with Gasteiger partial charge in [0.15, 0.2) is 0 Å². The first kappa shape index (κ1) is 17.9. The number of nitriles is 1. The zero-order valence-electron chi connectivity index (χ0n) is 14.5. The van der Waals surface area contributed by atoms with Gasteiger partial charge in [-0.25, -0.2) is 9.59 Å². The van der Waals surface area contributed by atoms with Crippen LogP contribution in [0.4, 0.5) is 0 Å². The largest absolute Gasteiger partial charge is 0.465 e. The molecule has 0 heterocycles. The van der Waals surface area contributed by atoms with Gasteiger partial charge >= 0.3 is 11.9 Å². The van der Waals surface area contributed by atoms with Gasteiger partial charge < -0.3 is 9.47 Å². The van der Waals surface area contributed by atoms with E-state index in [9.17, 15) is 9.59 Å². The van der Waals surface area contributed by atoms with E-state index in [0.29, 0.717) is 22.4 Å². The van der Waals surface area contributed by atoms with Crippen LogP contribution in [0.1, 0.15) is 26.3 Å². The van der Waals surface area contributed by atoms with Gasteiger partial charge in [-0.05, 0) is 59.7 Å². The van der Waals surface area contributed by atoms with Crippen molar-refractivity contribution >= 4 is 11.9 Å². The van der Waals surface area contributed by atoms with E-state index < -0.39 is 11.9 Å². The second-order valence-corrected chi connectivity index (χ2v) is 5.67. The van der Waals surface area contributed by atoms with Crippen molar-refractivity contribution in [1.82, 2.24) is 0 Å². The minimum Gasteiger partial charge on any atom is -0.465 e. The van der Waals surface area contributed by atoms with Crippen LogP contribution in [0.25, 0.3) is 11.1 Å². The SMILES string of the molecule is COC(=O)c1ccc(C(=O)Oc2ccc(-c3ccc(C#N)cc3)cc2)cc1. The van der Waals surface area contributed by atoms with E-state index in [0.717, 1.165) is 11.1 Å². The van der Waals surface area contributed by atoms with Crippen LogP contribution < -0.4 is 4.74 Å². The molecule has 5 heteroatoms. The maximum Gasteiger partial charge on any atom is 0.343 e. The fourth-order valence-corrected chi connectivity index (χ4v) is 2.48. The molecule has 0 unspecified atom stereocenters. The van der Waals surface area contributed by atoms with E-state index >= 15 is 0 Å². The molecular weight excluding hydrogens is 342 g/mol. The van der Waals surface area contributed by atoms with Crippen molar-refractivity contribution in [1.29, 1.82) is 5.26 Å². The lowest BCUT2D eigenvalue weighted by Gasteiger charge is -2.07. The summed E-state index contributed by atoms with van der Waals surface area (Å²) in [6, 6.07) is 22.4. The van der Waals surface area contributed by atoms with E-state index in [-0.39, 0.29) is 0 Å². The lowest BCUT2D eigenvalue weighted by atomic mass is 10.0. The Morgan fingerprint density at radius 3 is 1.70 bits per heavy atom. The Morgan fingerprint density at radius 1 is 0.741 bits per heavy atom. The van der Waals surface area contributed by atoms with Crippen molar-refractivity contribution in [2.24, 2.45) is 0 Å². The molecule has 3 rings (SSSR count). The van der Waals surface area contributed by atoms with Crippen LogP contribution in [0, 0.1) is 11.3 Å². The van der Waals surface area contributed by atoms with Crippen molar-refractivity contribution in [2.45, 2.75) is 0 Å². The van der Waals surface area contributed by atoms with Crippen LogP contribution in [0.5, 0.6) is 5.75 Å². The molecule has 5 nitrogen and oxygen atoms in total. The molecule has 0 aliphatic carbocycles. The number of hydrogen-bond donors (Lipinski definition) is 0. The number of benzene rings is 3. The molecule has 132 valence electrons. The van der Waals surface area contributed by atoms with Gasteiger partial charge in [-0.1, -0.05) is 24.3 Å². The number of methoxy groups -OCH3 is 1. The quantitative estimate of drug-likeness (QED) is 0.516. The van der Waals surface area contributed by atoms with E-state index in [1.165, 1.54) is 31.4 Å². The summed E-state index contributed by atoms with van der Waals surface area (Å²) in [4.78, 5) is 23.6.